The van der Waals surface area contributed by atoms with Gasteiger partial charge in [0.15, 0.2) is 0 Å². The summed E-state index contributed by atoms with van der Waals surface area (Å²) in [4.78, 5) is 38.3. The Morgan fingerprint density at radius 2 is 1.65 bits per heavy atom. The van der Waals surface area contributed by atoms with Gasteiger partial charge < -0.3 is 30.1 Å². The van der Waals surface area contributed by atoms with Gasteiger partial charge in [0.05, 0.1) is 29.5 Å². The van der Waals surface area contributed by atoms with E-state index in [2.05, 4.69) is 31.5 Å². The van der Waals surface area contributed by atoms with Crippen molar-refractivity contribution in [2.75, 3.05) is 72.9 Å². The molecule has 0 unspecified atom stereocenters. The largest absolute Gasteiger partial charge is 0.378 e. The molecule has 3 aromatic rings. The molecule has 2 amide bonds. The third-order valence-corrected chi connectivity index (χ3v) is 6.36. The number of anilines is 5. The second kappa shape index (κ2) is 11.1. The molecule has 192 valence electrons. The fourth-order valence-corrected chi connectivity index (χ4v) is 4.37. The number of nitrogens with zero attached hydrogens (tertiary/aromatic N) is 6. The molecule has 2 aliphatic rings. The van der Waals surface area contributed by atoms with Crippen LogP contribution in [0.1, 0.15) is 0 Å². The standard InChI is InChI=1S/C25H28N8O4/c34-25(27-19-5-7-20(8-6-19)33(35)36)32-13-11-31(12-14-32)23-9-10-26-24(29-23)28-21-3-1-2-4-22(21)30-15-17-37-18-16-30/h1-10H,11-18H2,(H,27,34)(H,26,28,29). The van der Waals surface area contributed by atoms with Crippen molar-refractivity contribution in [2.45, 2.75) is 0 Å². The number of morpholine rings is 1. The Labute approximate surface area is 214 Å². The van der Waals surface area contributed by atoms with E-state index in [0.717, 1.165) is 30.3 Å². The molecule has 0 spiro atoms. The minimum absolute atomic E-state index is 0.0186. The van der Waals surface area contributed by atoms with Crippen LogP contribution >= 0.6 is 0 Å². The van der Waals surface area contributed by atoms with Gasteiger partial charge >= 0.3 is 6.03 Å². The zero-order valence-corrected chi connectivity index (χ0v) is 20.2. The first-order valence-electron chi connectivity index (χ1n) is 12.1. The number of nitrogens with one attached hydrogen (secondary N) is 2. The van der Waals surface area contributed by atoms with Gasteiger partial charge in [-0.1, -0.05) is 12.1 Å². The molecule has 1 aromatic heterocycles. The lowest BCUT2D eigenvalue weighted by molar-refractivity contribution is -0.384. The van der Waals surface area contributed by atoms with Gasteiger partial charge in [-0.05, 0) is 30.3 Å². The van der Waals surface area contributed by atoms with Crippen molar-refractivity contribution in [1.29, 1.82) is 0 Å². The number of non-ortho nitro benzene ring substituents is 1. The van der Waals surface area contributed by atoms with Crippen molar-refractivity contribution < 1.29 is 14.5 Å². The Hall–Kier alpha value is -4.45. The predicted octanol–water partition coefficient (Wildman–Crippen LogP) is 3.32. The maximum Gasteiger partial charge on any atom is 0.321 e. The number of urea groups is 1. The second-order valence-electron chi connectivity index (χ2n) is 8.69. The molecule has 5 rings (SSSR count). The highest BCUT2D eigenvalue weighted by atomic mass is 16.6. The number of ether oxygens (including phenoxy) is 1. The van der Waals surface area contributed by atoms with Crippen molar-refractivity contribution in [3.8, 4) is 0 Å². The summed E-state index contributed by atoms with van der Waals surface area (Å²) in [5.74, 6) is 1.30. The van der Waals surface area contributed by atoms with Gasteiger partial charge in [-0.2, -0.15) is 4.98 Å². The quantitative estimate of drug-likeness (QED) is 0.384. The molecule has 0 radical (unpaired) electrons. The lowest BCUT2D eigenvalue weighted by Gasteiger charge is -2.35. The van der Waals surface area contributed by atoms with E-state index in [1.54, 1.807) is 11.1 Å². The van der Waals surface area contributed by atoms with Gasteiger partial charge in [-0.3, -0.25) is 10.1 Å². The van der Waals surface area contributed by atoms with Gasteiger partial charge in [-0.25, -0.2) is 9.78 Å². The number of aromatic nitrogens is 2. The van der Waals surface area contributed by atoms with E-state index in [-0.39, 0.29) is 11.7 Å². The summed E-state index contributed by atoms with van der Waals surface area (Å²) < 4.78 is 5.48. The Bertz CT molecular complexity index is 1240. The highest BCUT2D eigenvalue weighted by molar-refractivity contribution is 5.89. The lowest BCUT2D eigenvalue weighted by atomic mass is 10.2. The van der Waals surface area contributed by atoms with Crippen LogP contribution in [0.15, 0.2) is 60.8 Å². The topological polar surface area (TPSA) is 129 Å². The molecule has 12 heteroatoms. The van der Waals surface area contributed by atoms with Crippen LogP contribution in [0.4, 0.5) is 39.3 Å². The van der Waals surface area contributed by atoms with Crippen molar-refractivity contribution in [3.05, 3.63) is 70.9 Å². The molecule has 2 fully saturated rings. The maximum absolute atomic E-state index is 12.7. The van der Waals surface area contributed by atoms with Gasteiger partial charge in [0.2, 0.25) is 5.95 Å². The summed E-state index contributed by atoms with van der Waals surface area (Å²) in [7, 11) is 0. The average Bonchev–Trinajstić information content (AvgIpc) is 2.94. The van der Waals surface area contributed by atoms with Crippen molar-refractivity contribution >= 4 is 40.5 Å². The maximum atomic E-state index is 12.7. The fourth-order valence-electron chi connectivity index (χ4n) is 4.37. The number of carbonyl (C=O) groups is 1. The Balaban J connectivity index is 1.19. The van der Waals surface area contributed by atoms with E-state index in [1.807, 2.05) is 24.3 Å². The van der Waals surface area contributed by atoms with Crippen LogP contribution in [0.5, 0.6) is 0 Å². The van der Waals surface area contributed by atoms with Gasteiger partial charge in [-0.15, -0.1) is 0 Å². The van der Waals surface area contributed by atoms with E-state index < -0.39 is 4.92 Å². The van der Waals surface area contributed by atoms with E-state index >= 15 is 0 Å². The van der Waals surface area contributed by atoms with Gasteiger partial charge in [0.1, 0.15) is 5.82 Å². The highest BCUT2D eigenvalue weighted by Crippen LogP contribution is 2.29. The van der Waals surface area contributed by atoms with Gasteiger partial charge in [0, 0.05) is 63.3 Å². The average molecular weight is 505 g/mol. The first-order valence-corrected chi connectivity index (χ1v) is 12.1. The fraction of sp³-hybridized carbons (Fsp3) is 0.320. The zero-order chi connectivity index (χ0) is 25.6. The summed E-state index contributed by atoms with van der Waals surface area (Å²) in [6.07, 6.45) is 1.73. The molecule has 37 heavy (non-hydrogen) atoms. The molecule has 3 heterocycles. The summed E-state index contributed by atoms with van der Waals surface area (Å²) >= 11 is 0. The summed E-state index contributed by atoms with van der Waals surface area (Å²) in [5, 5.41) is 17.0. The summed E-state index contributed by atoms with van der Waals surface area (Å²) in [6.45, 7) is 5.36. The number of nitro benzene ring substituents is 1. The van der Waals surface area contributed by atoms with Crippen LogP contribution in [0.3, 0.4) is 0 Å². The number of amides is 2. The highest BCUT2D eigenvalue weighted by Gasteiger charge is 2.23. The summed E-state index contributed by atoms with van der Waals surface area (Å²) in [5.41, 5.74) is 2.53. The molecule has 0 atom stereocenters. The van der Waals surface area contributed by atoms with E-state index in [0.29, 0.717) is 51.0 Å². The third kappa shape index (κ3) is 5.86. The molecular weight excluding hydrogens is 476 g/mol. The molecule has 2 aromatic carbocycles. The zero-order valence-electron chi connectivity index (χ0n) is 20.2. The molecule has 2 saturated heterocycles. The van der Waals surface area contributed by atoms with Crippen LogP contribution in [-0.4, -0.2) is 78.3 Å². The van der Waals surface area contributed by atoms with Crippen LogP contribution in [0.2, 0.25) is 0 Å². The first-order chi connectivity index (χ1) is 18.1. The molecule has 0 aliphatic carbocycles. The smallest absolute Gasteiger partial charge is 0.321 e. The van der Waals surface area contributed by atoms with Crippen LogP contribution in [0, 0.1) is 10.1 Å². The minimum atomic E-state index is -0.470. The number of piperazine rings is 1. The number of para-hydroxylation sites is 2. The number of rotatable bonds is 6. The van der Waals surface area contributed by atoms with Crippen molar-refractivity contribution in [2.24, 2.45) is 0 Å². The minimum Gasteiger partial charge on any atom is -0.378 e. The van der Waals surface area contributed by atoms with Crippen LogP contribution in [0.25, 0.3) is 0 Å². The number of nitro groups is 1. The number of benzene rings is 2. The normalized spacial score (nSPS) is 15.8. The Morgan fingerprint density at radius 1 is 0.919 bits per heavy atom. The summed E-state index contributed by atoms with van der Waals surface area (Å²) in [6, 6.07) is 15.5. The Kier molecular flexibility index (Phi) is 7.26. The molecule has 0 saturated carbocycles. The Morgan fingerprint density at radius 3 is 2.38 bits per heavy atom. The van der Waals surface area contributed by atoms with E-state index in [9.17, 15) is 14.9 Å². The van der Waals surface area contributed by atoms with Crippen LogP contribution < -0.4 is 20.4 Å². The molecule has 2 aliphatic heterocycles. The second-order valence-corrected chi connectivity index (χ2v) is 8.69. The number of hydrogen-bond donors (Lipinski definition) is 2. The lowest BCUT2D eigenvalue weighted by Crippen LogP contribution is -2.50. The van der Waals surface area contributed by atoms with E-state index in [1.165, 1.54) is 24.3 Å². The van der Waals surface area contributed by atoms with Crippen molar-refractivity contribution in [1.82, 2.24) is 14.9 Å². The van der Waals surface area contributed by atoms with E-state index in [4.69, 9.17) is 9.72 Å². The van der Waals surface area contributed by atoms with Gasteiger partial charge in [0.25, 0.3) is 5.69 Å². The molecule has 12 nitrogen and oxygen atoms in total. The molecular formula is C25H28N8O4. The van der Waals surface area contributed by atoms with Crippen molar-refractivity contribution in [3.63, 3.8) is 0 Å². The predicted molar refractivity (Wildman–Crippen MR) is 141 cm³/mol. The third-order valence-electron chi connectivity index (χ3n) is 6.36. The number of hydrogen-bond acceptors (Lipinski definition) is 9. The molecule has 0 bridgehead atoms. The number of carbonyl (C=O) groups excluding carboxylic acids is 1. The monoisotopic (exact) mass is 504 g/mol. The first kappa shape index (κ1) is 24.3. The SMILES string of the molecule is O=C(Nc1ccc([N+](=O)[O-])cc1)N1CCN(c2ccnc(Nc3ccccc3N3CCOCC3)n2)CC1. The van der Waals surface area contributed by atoms with Crippen LogP contribution in [-0.2, 0) is 4.74 Å². The molecule has 2 N–H and O–H groups in total.